The molecular weight excluding hydrogens is 276 g/mol. The summed E-state index contributed by atoms with van der Waals surface area (Å²) in [5.74, 6) is -0.668. The highest BCUT2D eigenvalue weighted by atomic mass is 35.5. The Bertz CT molecular complexity index is 427. The van der Waals surface area contributed by atoms with Crippen molar-refractivity contribution < 1.29 is 15.0 Å². The maximum atomic E-state index is 10.9. The van der Waals surface area contributed by atoms with Gasteiger partial charge in [-0.1, -0.05) is 11.6 Å². The van der Waals surface area contributed by atoms with Gasteiger partial charge in [0.05, 0.1) is 12.2 Å². The highest BCUT2D eigenvalue weighted by Gasteiger charge is 2.16. The maximum absolute atomic E-state index is 10.9. The molecule has 0 amide bonds. The van der Waals surface area contributed by atoms with E-state index in [4.69, 9.17) is 16.7 Å². The van der Waals surface area contributed by atoms with E-state index in [1.807, 2.05) is 13.2 Å². The molecule has 0 aliphatic carbocycles. The van der Waals surface area contributed by atoms with Crippen molar-refractivity contribution in [2.24, 2.45) is 0 Å². The van der Waals surface area contributed by atoms with Crippen LogP contribution in [0.1, 0.15) is 17.3 Å². The second-order valence-corrected chi connectivity index (χ2v) is 5.22. The first-order valence-corrected chi connectivity index (χ1v) is 6.95. The lowest BCUT2D eigenvalue weighted by atomic mass is 10.2. The minimum absolute atomic E-state index is 0.000871. The molecule has 0 spiro atoms. The van der Waals surface area contributed by atoms with Crippen LogP contribution < -0.4 is 5.32 Å². The van der Waals surface area contributed by atoms with E-state index in [0.717, 1.165) is 0 Å². The number of aromatic carboxylic acids is 1. The first-order chi connectivity index (χ1) is 8.47. The third-order valence-electron chi connectivity index (χ3n) is 2.46. The molecule has 1 aromatic heterocycles. The quantitative estimate of drug-likeness (QED) is 0.695. The maximum Gasteiger partial charge on any atom is 0.335 e. The second kappa shape index (κ2) is 6.82. The van der Waals surface area contributed by atoms with E-state index < -0.39 is 5.97 Å². The van der Waals surface area contributed by atoms with Gasteiger partial charge in [-0.05, 0) is 25.3 Å². The Labute approximate surface area is 115 Å². The molecule has 1 heterocycles. The summed E-state index contributed by atoms with van der Waals surface area (Å²) >= 11 is 7.28. The third kappa shape index (κ3) is 4.04. The van der Waals surface area contributed by atoms with Gasteiger partial charge in [0.25, 0.3) is 0 Å². The van der Waals surface area contributed by atoms with Crippen molar-refractivity contribution in [2.45, 2.75) is 18.2 Å². The number of halogens is 1. The van der Waals surface area contributed by atoms with Crippen molar-refractivity contribution in [2.75, 3.05) is 18.2 Å². The van der Waals surface area contributed by atoms with Crippen LogP contribution in [-0.2, 0) is 0 Å². The Hall–Kier alpha value is -0.980. The highest BCUT2D eigenvalue weighted by Crippen LogP contribution is 2.18. The summed E-state index contributed by atoms with van der Waals surface area (Å²) in [6, 6.07) is 2.65. The molecule has 2 atom stereocenters. The predicted octanol–water partition coefficient (Wildman–Crippen LogP) is 1.96. The second-order valence-electron chi connectivity index (χ2n) is 3.76. The molecule has 2 unspecified atom stereocenters. The minimum Gasteiger partial charge on any atom is -0.478 e. The van der Waals surface area contributed by atoms with Crippen molar-refractivity contribution >= 4 is 35.1 Å². The Balaban J connectivity index is 2.87. The summed E-state index contributed by atoms with van der Waals surface area (Å²) in [6.45, 7) is 1.92. The summed E-state index contributed by atoms with van der Waals surface area (Å²) in [5, 5.41) is 21.2. The van der Waals surface area contributed by atoms with Gasteiger partial charge < -0.3 is 15.5 Å². The van der Waals surface area contributed by atoms with Gasteiger partial charge in [0.2, 0.25) is 0 Å². The van der Waals surface area contributed by atoms with E-state index >= 15 is 0 Å². The standard InChI is InChI=1S/C11H15ClN2O3S/c1-6(8(5-15)18-2)13-10-4-7(11(16)17)3-9(12)14-10/h3-4,6,8,15H,5H2,1-2H3,(H,13,14)(H,16,17). The number of carboxylic acid groups (broad SMARTS) is 1. The molecule has 7 heteroatoms. The lowest BCUT2D eigenvalue weighted by Gasteiger charge is -2.22. The summed E-state index contributed by atoms with van der Waals surface area (Å²) in [5.41, 5.74) is 0.0781. The van der Waals surface area contributed by atoms with Crippen LogP contribution in [0.15, 0.2) is 12.1 Å². The molecule has 0 bridgehead atoms. The number of anilines is 1. The molecule has 100 valence electrons. The van der Waals surface area contributed by atoms with Crippen molar-refractivity contribution in [1.29, 1.82) is 0 Å². The highest BCUT2D eigenvalue weighted by molar-refractivity contribution is 7.99. The number of nitrogens with one attached hydrogen (secondary N) is 1. The van der Waals surface area contributed by atoms with E-state index in [9.17, 15) is 9.90 Å². The van der Waals surface area contributed by atoms with Crippen LogP contribution in [0.2, 0.25) is 5.15 Å². The normalized spacial score (nSPS) is 14.0. The number of nitrogens with zero attached hydrogens (tertiary/aromatic N) is 1. The van der Waals surface area contributed by atoms with E-state index in [0.29, 0.717) is 5.82 Å². The first-order valence-electron chi connectivity index (χ1n) is 5.29. The molecule has 0 radical (unpaired) electrons. The van der Waals surface area contributed by atoms with Crippen LogP contribution in [0.3, 0.4) is 0 Å². The summed E-state index contributed by atoms with van der Waals surface area (Å²) in [4.78, 5) is 14.9. The molecule has 0 aromatic carbocycles. The molecule has 0 aliphatic rings. The average molecular weight is 291 g/mol. The van der Waals surface area contributed by atoms with Gasteiger partial charge >= 0.3 is 5.97 Å². The zero-order valence-electron chi connectivity index (χ0n) is 10.1. The lowest BCUT2D eigenvalue weighted by molar-refractivity contribution is 0.0697. The lowest BCUT2D eigenvalue weighted by Crippen LogP contribution is -2.31. The number of thioether (sulfide) groups is 1. The molecule has 0 saturated heterocycles. The zero-order valence-corrected chi connectivity index (χ0v) is 11.6. The Morgan fingerprint density at radius 3 is 2.78 bits per heavy atom. The van der Waals surface area contributed by atoms with Crippen molar-refractivity contribution in [3.8, 4) is 0 Å². The fourth-order valence-electron chi connectivity index (χ4n) is 1.46. The number of aliphatic hydroxyl groups is 1. The number of rotatable bonds is 6. The number of carbonyl (C=O) groups is 1. The van der Waals surface area contributed by atoms with Crippen LogP contribution >= 0.6 is 23.4 Å². The van der Waals surface area contributed by atoms with Crippen molar-refractivity contribution in [1.82, 2.24) is 4.98 Å². The number of aromatic nitrogens is 1. The van der Waals surface area contributed by atoms with E-state index in [1.54, 1.807) is 0 Å². The largest absolute Gasteiger partial charge is 0.478 e. The first kappa shape index (κ1) is 15.1. The van der Waals surface area contributed by atoms with E-state index in [-0.39, 0.29) is 28.6 Å². The molecule has 1 aromatic rings. The van der Waals surface area contributed by atoms with Gasteiger partial charge in [0, 0.05) is 11.3 Å². The number of aliphatic hydroxyl groups excluding tert-OH is 1. The molecule has 18 heavy (non-hydrogen) atoms. The van der Waals surface area contributed by atoms with Gasteiger partial charge in [-0.2, -0.15) is 11.8 Å². The van der Waals surface area contributed by atoms with E-state index in [2.05, 4.69) is 10.3 Å². The van der Waals surface area contributed by atoms with Gasteiger partial charge in [-0.3, -0.25) is 0 Å². The Morgan fingerprint density at radius 1 is 1.61 bits per heavy atom. The molecule has 0 fully saturated rings. The molecule has 1 rings (SSSR count). The van der Waals surface area contributed by atoms with Gasteiger partial charge in [0.15, 0.2) is 0 Å². The summed E-state index contributed by atoms with van der Waals surface area (Å²) in [7, 11) is 0. The smallest absolute Gasteiger partial charge is 0.335 e. The SMILES string of the molecule is CSC(CO)C(C)Nc1cc(C(=O)O)cc(Cl)n1. The zero-order chi connectivity index (χ0) is 13.7. The van der Waals surface area contributed by atoms with Crippen LogP contribution in [-0.4, -0.2) is 45.3 Å². The minimum atomic E-state index is -1.06. The van der Waals surface area contributed by atoms with Gasteiger partial charge in [-0.15, -0.1) is 0 Å². The fraction of sp³-hybridized carbons (Fsp3) is 0.455. The fourth-order valence-corrected chi connectivity index (χ4v) is 2.29. The van der Waals surface area contributed by atoms with Crippen LogP contribution in [0.5, 0.6) is 0 Å². The van der Waals surface area contributed by atoms with Crippen LogP contribution in [0.25, 0.3) is 0 Å². The number of pyridine rings is 1. The van der Waals surface area contributed by atoms with Gasteiger partial charge in [-0.25, -0.2) is 9.78 Å². The summed E-state index contributed by atoms with van der Waals surface area (Å²) in [6.07, 6.45) is 1.90. The topological polar surface area (TPSA) is 82.5 Å². The molecular formula is C11H15ClN2O3S. The van der Waals surface area contributed by atoms with Crippen molar-refractivity contribution in [3.05, 3.63) is 22.8 Å². The number of hydrogen-bond donors (Lipinski definition) is 3. The molecule has 5 nitrogen and oxygen atoms in total. The molecule has 0 aliphatic heterocycles. The van der Waals surface area contributed by atoms with E-state index in [1.165, 1.54) is 23.9 Å². The third-order valence-corrected chi connectivity index (χ3v) is 3.81. The van der Waals surface area contributed by atoms with Crippen LogP contribution in [0.4, 0.5) is 5.82 Å². The van der Waals surface area contributed by atoms with Gasteiger partial charge in [0.1, 0.15) is 11.0 Å². The Kier molecular flexibility index (Phi) is 5.71. The summed E-state index contributed by atoms with van der Waals surface area (Å²) < 4.78 is 0. The monoisotopic (exact) mass is 290 g/mol. The predicted molar refractivity (Wildman–Crippen MR) is 73.7 cm³/mol. The molecule has 3 N–H and O–H groups in total. The average Bonchev–Trinajstić information content (AvgIpc) is 2.29. The van der Waals surface area contributed by atoms with Crippen molar-refractivity contribution in [3.63, 3.8) is 0 Å². The molecule has 0 saturated carbocycles. The van der Waals surface area contributed by atoms with Crippen LogP contribution in [0, 0.1) is 0 Å². The number of hydrogen-bond acceptors (Lipinski definition) is 5. The Morgan fingerprint density at radius 2 is 2.28 bits per heavy atom. The number of carboxylic acids is 1.